The zero-order chi connectivity index (χ0) is 17.0. The molecule has 2 amide bonds. The number of nitrogens with two attached hydrogens (primary N) is 1. The fourth-order valence-corrected chi connectivity index (χ4v) is 2.44. The number of para-hydroxylation sites is 2. The first-order valence-corrected chi connectivity index (χ1v) is 8.46. The Hall–Kier alpha value is -2.37. The van der Waals surface area contributed by atoms with Crippen LogP contribution in [0.1, 0.15) is 25.7 Å². The van der Waals surface area contributed by atoms with E-state index in [1.54, 1.807) is 4.90 Å². The Morgan fingerprint density at radius 1 is 0.833 bits per heavy atom. The Balaban J connectivity index is 1.92. The van der Waals surface area contributed by atoms with E-state index >= 15 is 0 Å². The monoisotopic (exact) mass is 326 g/mol. The molecule has 0 atom stereocenters. The lowest BCUT2D eigenvalue weighted by molar-refractivity contribution is 0.244. The first-order valence-electron chi connectivity index (χ1n) is 8.46. The van der Waals surface area contributed by atoms with E-state index < -0.39 is 0 Å². The van der Waals surface area contributed by atoms with Crippen LogP contribution in [0.5, 0.6) is 0 Å². The number of rotatable bonds is 9. The first-order chi connectivity index (χ1) is 11.8. The molecule has 0 spiro atoms. The molecule has 2 aromatic carbocycles. The van der Waals surface area contributed by atoms with Crippen LogP contribution in [0.25, 0.3) is 0 Å². The topological polar surface area (TPSA) is 70.4 Å². The number of nitrogens with one attached hydrogen (secondary N) is 2. The van der Waals surface area contributed by atoms with Crippen molar-refractivity contribution in [2.75, 3.05) is 18.0 Å². The minimum Gasteiger partial charge on any atom is -0.330 e. The number of amides is 2. The molecule has 0 unspecified atom stereocenters. The summed E-state index contributed by atoms with van der Waals surface area (Å²) in [5.74, 6) is 0. The summed E-state index contributed by atoms with van der Waals surface area (Å²) < 4.78 is 0. The zero-order valence-corrected chi connectivity index (χ0v) is 13.9. The van der Waals surface area contributed by atoms with Crippen LogP contribution >= 0.6 is 0 Å². The predicted molar refractivity (Wildman–Crippen MR) is 99.1 cm³/mol. The Morgan fingerprint density at radius 2 is 1.38 bits per heavy atom. The summed E-state index contributed by atoms with van der Waals surface area (Å²) in [6.07, 6.45) is 4.31. The Morgan fingerprint density at radius 3 is 1.92 bits per heavy atom. The molecule has 0 bridgehead atoms. The van der Waals surface area contributed by atoms with Crippen LogP contribution < -0.4 is 21.5 Å². The molecule has 5 heteroatoms. The van der Waals surface area contributed by atoms with Gasteiger partial charge < -0.3 is 5.73 Å². The summed E-state index contributed by atoms with van der Waals surface area (Å²) >= 11 is 0. The molecule has 2 aromatic rings. The van der Waals surface area contributed by atoms with Gasteiger partial charge in [-0.2, -0.15) is 0 Å². The first kappa shape index (κ1) is 18.0. The van der Waals surface area contributed by atoms with E-state index in [2.05, 4.69) is 10.9 Å². The average molecular weight is 326 g/mol. The average Bonchev–Trinajstić information content (AvgIpc) is 2.63. The van der Waals surface area contributed by atoms with Crippen LogP contribution in [0.4, 0.5) is 16.2 Å². The summed E-state index contributed by atoms with van der Waals surface area (Å²) in [6, 6.07) is 19.0. The minimum atomic E-state index is -0.200. The van der Waals surface area contributed by atoms with Crippen LogP contribution in [0, 0.1) is 0 Å². The van der Waals surface area contributed by atoms with E-state index in [4.69, 9.17) is 5.73 Å². The predicted octanol–water partition coefficient (Wildman–Crippen LogP) is 3.56. The van der Waals surface area contributed by atoms with Crippen molar-refractivity contribution in [2.24, 2.45) is 5.73 Å². The largest absolute Gasteiger partial charge is 0.340 e. The van der Waals surface area contributed by atoms with Crippen LogP contribution in [0.3, 0.4) is 0 Å². The van der Waals surface area contributed by atoms with E-state index in [9.17, 15) is 4.79 Å². The van der Waals surface area contributed by atoms with Crippen LogP contribution in [0.2, 0.25) is 0 Å². The maximum atomic E-state index is 12.6. The van der Waals surface area contributed by atoms with Crippen molar-refractivity contribution < 1.29 is 4.79 Å². The van der Waals surface area contributed by atoms with Crippen molar-refractivity contribution in [2.45, 2.75) is 25.7 Å². The Labute approximate surface area is 143 Å². The molecule has 5 nitrogen and oxygen atoms in total. The second-order valence-corrected chi connectivity index (χ2v) is 5.57. The van der Waals surface area contributed by atoms with Gasteiger partial charge >= 0.3 is 6.03 Å². The number of carbonyl (C=O) groups is 1. The van der Waals surface area contributed by atoms with Crippen molar-refractivity contribution >= 4 is 17.4 Å². The highest BCUT2D eigenvalue weighted by molar-refractivity contribution is 5.99. The smallest absolute Gasteiger partial charge is 0.330 e. The van der Waals surface area contributed by atoms with Crippen LogP contribution in [0.15, 0.2) is 60.7 Å². The molecular weight excluding hydrogens is 300 g/mol. The molecule has 2 rings (SSSR count). The van der Waals surface area contributed by atoms with Gasteiger partial charge in [0.15, 0.2) is 0 Å². The molecule has 0 aliphatic heterocycles. The summed E-state index contributed by atoms with van der Waals surface area (Å²) in [4.78, 5) is 14.3. The van der Waals surface area contributed by atoms with Gasteiger partial charge in [-0.25, -0.2) is 10.2 Å². The lowest BCUT2D eigenvalue weighted by Crippen LogP contribution is -2.45. The normalized spacial score (nSPS) is 10.4. The molecule has 0 saturated carbocycles. The number of carbonyl (C=O) groups excluding carboxylic acids is 1. The summed E-state index contributed by atoms with van der Waals surface area (Å²) in [5.41, 5.74) is 12.9. The van der Waals surface area contributed by atoms with Crippen molar-refractivity contribution in [3.05, 3.63) is 60.7 Å². The van der Waals surface area contributed by atoms with Gasteiger partial charge in [0.05, 0.1) is 11.4 Å². The van der Waals surface area contributed by atoms with E-state index in [0.29, 0.717) is 0 Å². The third kappa shape index (κ3) is 5.68. The highest BCUT2D eigenvalue weighted by Gasteiger charge is 2.16. The summed E-state index contributed by atoms with van der Waals surface area (Å²) in [6.45, 7) is 1.49. The number of benzene rings is 2. The van der Waals surface area contributed by atoms with Crippen LogP contribution in [-0.4, -0.2) is 19.1 Å². The standard InChI is InChI=1S/C19H26N4O/c20-15-9-1-2-10-16-21-22-19(24)23(17-11-5-3-6-12-17)18-13-7-4-8-14-18/h3-8,11-14,21H,1-2,9-10,15-16,20H2,(H,22,24). The van der Waals surface area contributed by atoms with Gasteiger partial charge in [-0.1, -0.05) is 49.2 Å². The molecule has 0 aliphatic carbocycles. The number of urea groups is 1. The van der Waals surface area contributed by atoms with E-state index in [-0.39, 0.29) is 6.03 Å². The second-order valence-electron chi connectivity index (χ2n) is 5.57. The number of hydrogen-bond acceptors (Lipinski definition) is 3. The SMILES string of the molecule is NCCCCCCNNC(=O)N(c1ccccc1)c1ccccc1. The van der Waals surface area contributed by atoms with Gasteiger partial charge in [0.25, 0.3) is 0 Å². The molecular formula is C19H26N4O. The van der Waals surface area contributed by atoms with Gasteiger partial charge in [0.2, 0.25) is 0 Å². The van der Waals surface area contributed by atoms with Gasteiger partial charge in [0, 0.05) is 6.54 Å². The number of unbranched alkanes of at least 4 members (excludes halogenated alkanes) is 3. The molecule has 128 valence electrons. The molecule has 0 aliphatic rings. The number of hydrogen-bond donors (Lipinski definition) is 3. The number of nitrogens with zero attached hydrogens (tertiary/aromatic N) is 1. The highest BCUT2D eigenvalue weighted by Crippen LogP contribution is 2.24. The molecule has 0 radical (unpaired) electrons. The van der Waals surface area contributed by atoms with Gasteiger partial charge in [-0.05, 0) is 43.7 Å². The third-order valence-corrected chi connectivity index (χ3v) is 3.68. The Bertz CT molecular complexity index is 549. The van der Waals surface area contributed by atoms with Crippen LogP contribution in [-0.2, 0) is 0 Å². The molecule has 0 aromatic heterocycles. The lowest BCUT2D eigenvalue weighted by Gasteiger charge is -2.23. The van der Waals surface area contributed by atoms with Crippen molar-refractivity contribution in [3.63, 3.8) is 0 Å². The molecule has 0 fully saturated rings. The second kappa shape index (κ2) is 10.4. The molecule has 24 heavy (non-hydrogen) atoms. The fourth-order valence-electron chi connectivity index (χ4n) is 2.44. The lowest BCUT2D eigenvalue weighted by atomic mass is 10.2. The van der Waals surface area contributed by atoms with Gasteiger partial charge in [-0.15, -0.1) is 0 Å². The van der Waals surface area contributed by atoms with Crippen molar-refractivity contribution in [1.82, 2.24) is 10.9 Å². The van der Waals surface area contributed by atoms with E-state index in [1.165, 1.54) is 0 Å². The summed E-state index contributed by atoms with van der Waals surface area (Å²) in [5, 5.41) is 0. The van der Waals surface area contributed by atoms with Gasteiger partial charge in [0.1, 0.15) is 0 Å². The minimum absolute atomic E-state index is 0.200. The number of anilines is 2. The van der Waals surface area contributed by atoms with Gasteiger partial charge in [-0.3, -0.25) is 10.3 Å². The van der Waals surface area contributed by atoms with E-state index in [1.807, 2.05) is 60.7 Å². The maximum Gasteiger partial charge on any atom is 0.340 e. The molecule has 0 heterocycles. The highest BCUT2D eigenvalue weighted by atomic mass is 16.2. The van der Waals surface area contributed by atoms with Crippen molar-refractivity contribution in [1.29, 1.82) is 0 Å². The third-order valence-electron chi connectivity index (χ3n) is 3.68. The zero-order valence-electron chi connectivity index (χ0n) is 13.9. The molecule has 4 N–H and O–H groups in total. The maximum absolute atomic E-state index is 12.6. The summed E-state index contributed by atoms with van der Waals surface area (Å²) in [7, 11) is 0. The molecule has 0 saturated heterocycles. The Kier molecular flexibility index (Phi) is 7.80. The number of hydrazine groups is 1. The van der Waals surface area contributed by atoms with E-state index in [0.717, 1.165) is 50.1 Å². The fraction of sp³-hybridized carbons (Fsp3) is 0.316. The van der Waals surface area contributed by atoms with Crippen molar-refractivity contribution in [3.8, 4) is 0 Å². The quantitative estimate of drug-likeness (QED) is 0.487.